The minimum atomic E-state index is -1.61. The van der Waals surface area contributed by atoms with Gasteiger partial charge in [0.25, 0.3) is 0 Å². The van der Waals surface area contributed by atoms with E-state index in [0.717, 1.165) is 6.61 Å². The second kappa shape index (κ2) is 5.02. The molecule has 1 heterocycles. The predicted octanol–water partition coefficient (Wildman–Crippen LogP) is 3.56. The molecule has 0 bridgehead atoms. The molecule has 2 aliphatic rings. The number of rotatable bonds is 3. The van der Waals surface area contributed by atoms with Crippen LogP contribution >= 0.6 is 0 Å². The summed E-state index contributed by atoms with van der Waals surface area (Å²) in [5, 5.41) is 1.85. The Kier molecular flexibility index (Phi) is 3.51. The van der Waals surface area contributed by atoms with E-state index in [1.807, 2.05) is 5.23 Å². The van der Waals surface area contributed by atoms with E-state index in [9.17, 15) is 0 Å². The molecule has 0 N–H and O–H groups in total. The van der Waals surface area contributed by atoms with Crippen LogP contribution in [0.4, 0.5) is 0 Å². The third kappa shape index (κ3) is 2.77. The predicted molar refractivity (Wildman–Crippen MR) is 77.9 cm³/mol. The Hall–Kier alpha value is -0.683. The SMILES string of the molecule is C[Si](C)(C)ON1OCC2CCC(c3ccccc3)C21. The van der Waals surface area contributed by atoms with Crippen LogP contribution in [0.5, 0.6) is 0 Å². The zero-order valence-corrected chi connectivity index (χ0v) is 13.0. The standard InChI is InChI=1S/C15H23NO2Si/c1-19(2,3)18-16-15-13(11-17-16)9-10-14(15)12-7-5-4-6-8-12/h4-8,13-15H,9-11H2,1-3H3. The summed E-state index contributed by atoms with van der Waals surface area (Å²) in [6, 6.07) is 11.2. The van der Waals surface area contributed by atoms with Crippen molar-refractivity contribution in [2.75, 3.05) is 6.61 Å². The minimum absolute atomic E-state index is 0.397. The van der Waals surface area contributed by atoms with Crippen molar-refractivity contribution in [2.24, 2.45) is 5.92 Å². The fourth-order valence-electron chi connectivity index (χ4n) is 3.24. The Morgan fingerprint density at radius 1 is 1.16 bits per heavy atom. The van der Waals surface area contributed by atoms with Crippen LogP contribution in [0.2, 0.25) is 19.6 Å². The zero-order valence-electron chi connectivity index (χ0n) is 12.0. The zero-order chi connectivity index (χ0) is 13.5. The van der Waals surface area contributed by atoms with Gasteiger partial charge >= 0.3 is 0 Å². The van der Waals surface area contributed by atoms with Crippen molar-refractivity contribution in [2.45, 2.75) is 44.4 Å². The number of fused-ring (bicyclic) bond motifs is 1. The molecule has 3 nitrogen and oxygen atoms in total. The Labute approximate surface area is 116 Å². The summed E-state index contributed by atoms with van der Waals surface area (Å²) in [6.07, 6.45) is 2.49. The van der Waals surface area contributed by atoms with Gasteiger partial charge in [-0.3, -0.25) is 4.84 Å². The molecule has 3 atom stereocenters. The van der Waals surface area contributed by atoms with E-state index < -0.39 is 8.32 Å². The van der Waals surface area contributed by atoms with Crippen molar-refractivity contribution in [3.63, 3.8) is 0 Å². The Morgan fingerprint density at radius 3 is 2.58 bits per heavy atom. The van der Waals surface area contributed by atoms with Crippen molar-refractivity contribution in [3.05, 3.63) is 35.9 Å². The molecule has 3 rings (SSSR count). The van der Waals surface area contributed by atoms with Gasteiger partial charge in [0.15, 0.2) is 0 Å². The van der Waals surface area contributed by atoms with E-state index in [1.165, 1.54) is 18.4 Å². The maximum atomic E-state index is 6.11. The maximum Gasteiger partial charge on any atom is 0.215 e. The fourth-order valence-corrected chi connectivity index (χ4v) is 3.96. The molecule has 0 spiro atoms. The third-order valence-electron chi connectivity index (χ3n) is 3.99. The highest BCUT2D eigenvalue weighted by Gasteiger charge is 2.47. The van der Waals surface area contributed by atoms with Gasteiger partial charge in [-0.2, -0.15) is 0 Å². The van der Waals surface area contributed by atoms with Crippen molar-refractivity contribution >= 4 is 8.32 Å². The van der Waals surface area contributed by atoms with Crippen LogP contribution in [-0.4, -0.2) is 26.2 Å². The number of hydrogen-bond donors (Lipinski definition) is 0. The molecule has 0 aromatic heterocycles. The van der Waals surface area contributed by atoms with Crippen LogP contribution in [0.3, 0.4) is 0 Å². The molecule has 1 aromatic carbocycles. The molecule has 1 aliphatic heterocycles. The molecule has 1 aromatic rings. The first kappa shape index (κ1) is 13.3. The smallest absolute Gasteiger partial charge is 0.215 e. The van der Waals surface area contributed by atoms with Crippen LogP contribution in [0.15, 0.2) is 30.3 Å². The highest BCUT2D eigenvalue weighted by atomic mass is 28.4. The lowest BCUT2D eigenvalue weighted by molar-refractivity contribution is -0.313. The second-order valence-corrected chi connectivity index (χ2v) is 11.0. The van der Waals surface area contributed by atoms with Gasteiger partial charge in [-0.15, -0.1) is 0 Å². The highest BCUT2D eigenvalue weighted by Crippen LogP contribution is 2.45. The van der Waals surface area contributed by atoms with Crippen molar-refractivity contribution in [3.8, 4) is 0 Å². The summed E-state index contributed by atoms with van der Waals surface area (Å²) in [5.74, 6) is 1.17. The molecule has 1 saturated heterocycles. The molecular weight excluding hydrogens is 254 g/mol. The van der Waals surface area contributed by atoms with Crippen molar-refractivity contribution < 1.29 is 9.36 Å². The summed E-state index contributed by atoms with van der Waals surface area (Å²) < 4.78 is 6.11. The summed E-state index contributed by atoms with van der Waals surface area (Å²) in [6.45, 7) is 7.43. The lowest BCUT2D eigenvalue weighted by Gasteiger charge is -2.31. The normalized spacial score (nSPS) is 31.6. The first-order valence-electron chi connectivity index (χ1n) is 7.21. The molecule has 1 aliphatic carbocycles. The maximum absolute atomic E-state index is 6.11. The van der Waals surface area contributed by atoms with Gasteiger partial charge in [-0.1, -0.05) is 35.6 Å². The average Bonchev–Trinajstić information content (AvgIpc) is 2.92. The lowest BCUT2D eigenvalue weighted by atomic mass is 9.92. The first-order chi connectivity index (χ1) is 9.04. The summed E-state index contributed by atoms with van der Waals surface area (Å²) in [4.78, 5) is 5.79. The largest absolute Gasteiger partial charge is 0.321 e. The molecule has 1 saturated carbocycles. The Balaban J connectivity index is 1.80. The van der Waals surface area contributed by atoms with E-state index in [2.05, 4.69) is 50.0 Å². The highest BCUT2D eigenvalue weighted by molar-refractivity contribution is 6.69. The van der Waals surface area contributed by atoms with Gasteiger partial charge in [0, 0.05) is 11.8 Å². The number of benzene rings is 1. The molecule has 19 heavy (non-hydrogen) atoms. The first-order valence-corrected chi connectivity index (χ1v) is 10.6. The number of hydroxylamine groups is 2. The number of nitrogens with zero attached hydrogens (tertiary/aromatic N) is 1. The molecular formula is C15H23NO2Si. The molecule has 0 amide bonds. The average molecular weight is 277 g/mol. The summed E-state index contributed by atoms with van der Waals surface area (Å²) in [7, 11) is -1.61. The van der Waals surface area contributed by atoms with E-state index >= 15 is 0 Å². The van der Waals surface area contributed by atoms with Crippen LogP contribution in [0, 0.1) is 5.92 Å². The van der Waals surface area contributed by atoms with E-state index in [0.29, 0.717) is 17.9 Å². The lowest BCUT2D eigenvalue weighted by Crippen LogP contribution is -2.41. The van der Waals surface area contributed by atoms with E-state index in [-0.39, 0.29) is 0 Å². The Morgan fingerprint density at radius 2 is 1.89 bits per heavy atom. The van der Waals surface area contributed by atoms with Gasteiger partial charge in [-0.25, -0.2) is 0 Å². The third-order valence-corrected chi connectivity index (χ3v) is 4.72. The van der Waals surface area contributed by atoms with Crippen LogP contribution < -0.4 is 0 Å². The number of hydrogen-bond acceptors (Lipinski definition) is 3. The summed E-state index contributed by atoms with van der Waals surface area (Å²) in [5.41, 5.74) is 1.42. The molecule has 104 valence electrons. The van der Waals surface area contributed by atoms with Gasteiger partial charge < -0.3 is 4.53 Å². The van der Waals surface area contributed by atoms with Gasteiger partial charge in [0.1, 0.15) is 0 Å². The van der Waals surface area contributed by atoms with Gasteiger partial charge in [0.2, 0.25) is 8.32 Å². The monoisotopic (exact) mass is 277 g/mol. The molecule has 2 fully saturated rings. The van der Waals surface area contributed by atoms with Crippen LogP contribution in [0.1, 0.15) is 24.3 Å². The quantitative estimate of drug-likeness (QED) is 0.789. The minimum Gasteiger partial charge on any atom is -0.321 e. The van der Waals surface area contributed by atoms with Gasteiger partial charge in [0.05, 0.1) is 12.6 Å². The summed E-state index contributed by atoms with van der Waals surface area (Å²) >= 11 is 0. The van der Waals surface area contributed by atoms with Crippen molar-refractivity contribution in [1.29, 1.82) is 0 Å². The van der Waals surface area contributed by atoms with Crippen LogP contribution in [-0.2, 0) is 9.36 Å². The molecule has 0 radical (unpaired) electrons. The molecule has 4 heteroatoms. The molecule has 3 unspecified atom stereocenters. The van der Waals surface area contributed by atoms with Crippen LogP contribution in [0.25, 0.3) is 0 Å². The second-order valence-electron chi connectivity index (χ2n) is 6.63. The fraction of sp³-hybridized carbons (Fsp3) is 0.600. The topological polar surface area (TPSA) is 21.7 Å². The van der Waals surface area contributed by atoms with Gasteiger partial charge in [-0.05, 0) is 38.0 Å². The van der Waals surface area contributed by atoms with E-state index in [4.69, 9.17) is 9.36 Å². The van der Waals surface area contributed by atoms with Crippen molar-refractivity contribution in [1.82, 2.24) is 5.23 Å². The Bertz CT molecular complexity index is 432. The van der Waals surface area contributed by atoms with E-state index in [1.54, 1.807) is 0 Å².